The van der Waals surface area contributed by atoms with Gasteiger partial charge in [0, 0.05) is 25.2 Å². The summed E-state index contributed by atoms with van der Waals surface area (Å²) in [6.45, 7) is 4.74. The van der Waals surface area contributed by atoms with Crippen LogP contribution in [0.15, 0.2) is 29.1 Å². The maximum Gasteiger partial charge on any atom is 0.252 e. The highest BCUT2D eigenvalue weighted by molar-refractivity contribution is 5.93. The van der Waals surface area contributed by atoms with Crippen LogP contribution in [0.5, 0.6) is 5.75 Å². The molecule has 0 unspecified atom stereocenters. The Hall–Kier alpha value is -2.98. The fourth-order valence-electron chi connectivity index (χ4n) is 3.85. The van der Waals surface area contributed by atoms with Crippen LogP contribution in [0, 0.1) is 11.7 Å². The first-order chi connectivity index (χ1) is 15.6. The number of piperidine rings is 1. The number of rotatable bonds is 7. The SMILES string of the molecule is O=C(Cc1nc(N2CCOCC2)cc(=O)[nH]1)Nc1ccc(F)cc1OCC1CCNCC1. The molecule has 4 rings (SSSR count). The molecule has 0 bridgehead atoms. The van der Waals surface area contributed by atoms with Crippen LogP contribution in [0.3, 0.4) is 0 Å². The molecule has 10 heteroatoms. The molecule has 0 saturated carbocycles. The molecule has 0 radical (unpaired) electrons. The molecule has 2 aliphatic rings. The molecule has 32 heavy (non-hydrogen) atoms. The molecule has 3 N–H and O–H groups in total. The third-order valence-electron chi connectivity index (χ3n) is 5.59. The number of anilines is 2. The first-order valence-electron chi connectivity index (χ1n) is 10.9. The van der Waals surface area contributed by atoms with Gasteiger partial charge in [0.2, 0.25) is 5.91 Å². The number of H-pyrrole nitrogens is 1. The Balaban J connectivity index is 1.41. The first kappa shape index (κ1) is 22.2. The van der Waals surface area contributed by atoms with Crippen molar-refractivity contribution in [1.29, 1.82) is 0 Å². The number of hydrogen-bond donors (Lipinski definition) is 3. The summed E-state index contributed by atoms with van der Waals surface area (Å²) in [4.78, 5) is 33.7. The molecule has 9 nitrogen and oxygen atoms in total. The predicted molar refractivity (Wildman–Crippen MR) is 118 cm³/mol. The van der Waals surface area contributed by atoms with Crippen molar-refractivity contribution in [2.24, 2.45) is 5.92 Å². The summed E-state index contributed by atoms with van der Waals surface area (Å²) in [6, 6.07) is 5.44. The Labute approximate surface area is 185 Å². The molecular formula is C22H28FN5O4. The lowest BCUT2D eigenvalue weighted by molar-refractivity contribution is -0.115. The Kier molecular flexibility index (Phi) is 7.33. The van der Waals surface area contributed by atoms with E-state index < -0.39 is 5.82 Å². The van der Waals surface area contributed by atoms with Gasteiger partial charge in [0.1, 0.15) is 23.2 Å². The van der Waals surface area contributed by atoms with Crippen molar-refractivity contribution in [2.75, 3.05) is 56.2 Å². The highest BCUT2D eigenvalue weighted by atomic mass is 19.1. The number of carbonyl (C=O) groups excluding carboxylic acids is 1. The number of benzene rings is 1. The molecule has 0 spiro atoms. The highest BCUT2D eigenvalue weighted by Gasteiger charge is 2.18. The normalized spacial score (nSPS) is 17.2. The lowest BCUT2D eigenvalue weighted by Crippen LogP contribution is -2.37. The van der Waals surface area contributed by atoms with E-state index in [1.165, 1.54) is 24.3 Å². The number of nitrogens with one attached hydrogen (secondary N) is 3. The third-order valence-corrected chi connectivity index (χ3v) is 5.59. The second kappa shape index (κ2) is 10.6. The Morgan fingerprint density at radius 2 is 2.03 bits per heavy atom. The number of hydrogen-bond acceptors (Lipinski definition) is 7. The quantitative estimate of drug-likeness (QED) is 0.590. The monoisotopic (exact) mass is 445 g/mol. The minimum atomic E-state index is -0.437. The van der Waals surface area contributed by atoms with Crippen LogP contribution in [0.2, 0.25) is 0 Å². The Bertz CT molecular complexity index is 987. The fraction of sp³-hybridized carbons (Fsp3) is 0.500. The minimum absolute atomic E-state index is 0.126. The topological polar surface area (TPSA) is 109 Å². The molecule has 2 saturated heterocycles. The van der Waals surface area contributed by atoms with E-state index in [2.05, 4.69) is 20.6 Å². The lowest BCUT2D eigenvalue weighted by Gasteiger charge is -2.27. The van der Waals surface area contributed by atoms with Gasteiger partial charge in [-0.15, -0.1) is 0 Å². The van der Waals surface area contributed by atoms with Crippen LogP contribution in [0.25, 0.3) is 0 Å². The van der Waals surface area contributed by atoms with Crippen LogP contribution in [-0.4, -0.2) is 61.9 Å². The minimum Gasteiger partial charge on any atom is -0.491 e. The number of aromatic nitrogens is 2. The van der Waals surface area contributed by atoms with E-state index in [4.69, 9.17) is 9.47 Å². The van der Waals surface area contributed by atoms with Crippen molar-refractivity contribution in [1.82, 2.24) is 15.3 Å². The second-order valence-corrected chi connectivity index (χ2v) is 8.02. The van der Waals surface area contributed by atoms with Crippen LogP contribution in [-0.2, 0) is 16.0 Å². The third kappa shape index (κ3) is 6.04. The van der Waals surface area contributed by atoms with E-state index in [0.717, 1.165) is 25.9 Å². The fourth-order valence-corrected chi connectivity index (χ4v) is 3.85. The standard InChI is InChI=1S/C22H28FN5O4/c23-16-1-2-17(18(11-16)32-14-15-3-5-24-6-4-15)25-21(29)12-19-26-20(13-22(30)27-19)28-7-9-31-10-8-28/h1-2,11,13,15,24H,3-10,12,14H2,(H,25,29)(H,26,27,30). The summed E-state index contributed by atoms with van der Waals surface area (Å²) in [5, 5.41) is 6.05. The zero-order valence-electron chi connectivity index (χ0n) is 17.9. The molecule has 3 heterocycles. The summed E-state index contributed by atoms with van der Waals surface area (Å²) in [5.74, 6) is 0.641. The van der Waals surface area contributed by atoms with E-state index in [1.54, 1.807) is 0 Å². The van der Waals surface area contributed by atoms with Crippen LogP contribution < -0.4 is 25.8 Å². The number of ether oxygens (including phenoxy) is 2. The van der Waals surface area contributed by atoms with Gasteiger partial charge in [0.05, 0.1) is 31.9 Å². The summed E-state index contributed by atoms with van der Waals surface area (Å²) < 4.78 is 25.0. The van der Waals surface area contributed by atoms with Gasteiger partial charge in [0.25, 0.3) is 5.56 Å². The molecule has 2 aliphatic heterocycles. The van der Waals surface area contributed by atoms with Crippen molar-refractivity contribution < 1.29 is 18.7 Å². The molecule has 1 aromatic carbocycles. The largest absolute Gasteiger partial charge is 0.491 e. The van der Waals surface area contributed by atoms with Crippen LogP contribution in [0.4, 0.5) is 15.9 Å². The zero-order chi connectivity index (χ0) is 22.3. The van der Waals surface area contributed by atoms with Crippen molar-refractivity contribution in [2.45, 2.75) is 19.3 Å². The maximum absolute atomic E-state index is 13.8. The van der Waals surface area contributed by atoms with Gasteiger partial charge in [-0.3, -0.25) is 9.59 Å². The summed E-state index contributed by atoms with van der Waals surface area (Å²) in [6.07, 6.45) is 1.86. The number of amides is 1. The van der Waals surface area contributed by atoms with E-state index >= 15 is 0 Å². The zero-order valence-corrected chi connectivity index (χ0v) is 17.9. The van der Waals surface area contributed by atoms with E-state index in [0.29, 0.717) is 56.1 Å². The van der Waals surface area contributed by atoms with Crippen molar-refractivity contribution in [3.05, 3.63) is 46.3 Å². The van der Waals surface area contributed by atoms with Gasteiger partial charge in [-0.1, -0.05) is 0 Å². The smallest absolute Gasteiger partial charge is 0.252 e. The average molecular weight is 445 g/mol. The van der Waals surface area contributed by atoms with Gasteiger partial charge in [-0.05, 0) is 44.0 Å². The Morgan fingerprint density at radius 3 is 2.81 bits per heavy atom. The maximum atomic E-state index is 13.8. The van der Waals surface area contributed by atoms with Crippen LogP contribution in [0.1, 0.15) is 18.7 Å². The van der Waals surface area contributed by atoms with Gasteiger partial charge in [-0.2, -0.15) is 0 Å². The molecule has 1 amide bonds. The van der Waals surface area contributed by atoms with Gasteiger partial charge in [-0.25, -0.2) is 9.37 Å². The number of morpholine rings is 1. The summed E-state index contributed by atoms with van der Waals surface area (Å²) >= 11 is 0. The predicted octanol–water partition coefficient (Wildman–Crippen LogP) is 1.31. The summed E-state index contributed by atoms with van der Waals surface area (Å²) in [5.41, 5.74) is 0.0640. The van der Waals surface area contributed by atoms with E-state index in [1.807, 2.05) is 4.90 Å². The van der Waals surface area contributed by atoms with Gasteiger partial charge < -0.3 is 30.0 Å². The molecule has 2 aromatic rings. The number of nitrogens with zero attached hydrogens (tertiary/aromatic N) is 2. The van der Waals surface area contributed by atoms with Gasteiger partial charge in [0.15, 0.2) is 0 Å². The number of carbonyl (C=O) groups is 1. The highest BCUT2D eigenvalue weighted by Crippen LogP contribution is 2.27. The molecular weight excluding hydrogens is 417 g/mol. The first-order valence-corrected chi connectivity index (χ1v) is 10.9. The molecule has 0 aliphatic carbocycles. The van der Waals surface area contributed by atoms with Gasteiger partial charge >= 0.3 is 0 Å². The van der Waals surface area contributed by atoms with Crippen molar-refractivity contribution in [3.8, 4) is 5.75 Å². The number of aromatic amines is 1. The average Bonchev–Trinajstić information content (AvgIpc) is 2.80. The van der Waals surface area contributed by atoms with E-state index in [9.17, 15) is 14.0 Å². The molecule has 0 atom stereocenters. The van der Waals surface area contributed by atoms with Crippen molar-refractivity contribution in [3.63, 3.8) is 0 Å². The molecule has 2 fully saturated rings. The van der Waals surface area contributed by atoms with E-state index in [-0.39, 0.29) is 23.7 Å². The second-order valence-electron chi connectivity index (χ2n) is 8.02. The molecule has 172 valence electrons. The molecule has 1 aromatic heterocycles. The number of halogens is 1. The Morgan fingerprint density at radius 1 is 1.25 bits per heavy atom. The van der Waals surface area contributed by atoms with Crippen molar-refractivity contribution >= 4 is 17.4 Å². The van der Waals surface area contributed by atoms with Crippen LogP contribution >= 0.6 is 0 Å². The summed E-state index contributed by atoms with van der Waals surface area (Å²) in [7, 11) is 0. The lowest BCUT2D eigenvalue weighted by atomic mass is 9.99.